The maximum Gasteiger partial charge on any atom is 0.301 e. The molecule has 0 bridgehead atoms. The summed E-state index contributed by atoms with van der Waals surface area (Å²) in [4.78, 5) is 12.1. The summed E-state index contributed by atoms with van der Waals surface area (Å²) >= 11 is 0. The summed E-state index contributed by atoms with van der Waals surface area (Å²) in [7, 11) is -2.14. The van der Waals surface area contributed by atoms with Gasteiger partial charge in [0.1, 0.15) is 5.75 Å². The standard InChI is InChI=1S/C16H19N3O5S/c1-23-15-11-12(18-25(21,22)19-8-2-3-9-19)6-7-13(15)17-16(20)14-5-4-10-24-14/h4-7,10-11,18H,2-3,8-9H2,1H3,(H,17,20). The lowest BCUT2D eigenvalue weighted by molar-refractivity contribution is 0.0996. The van der Waals surface area contributed by atoms with E-state index in [2.05, 4.69) is 10.0 Å². The fourth-order valence-electron chi connectivity index (χ4n) is 2.59. The lowest BCUT2D eigenvalue weighted by atomic mass is 10.2. The third-order valence-electron chi connectivity index (χ3n) is 3.85. The Morgan fingerprint density at radius 1 is 1.24 bits per heavy atom. The Hall–Kier alpha value is -2.52. The van der Waals surface area contributed by atoms with Crippen molar-refractivity contribution in [3.8, 4) is 5.75 Å². The Morgan fingerprint density at radius 2 is 2.00 bits per heavy atom. The van der Waals surface area contributed by atoms with Crippen LogP contribution in [0.5, 0.6) is 5.75 Å². The topological polar surface area (TPSA) is 101 Å². The first-order valence-electron chi connectivity index (χ1n) is 7.80. The SMILES string of the molecule is COc1cc(NS(=O)(=O)N2CCCC2)ccc1NC(=O)c1ccco1. The van der Waals surface area contributed by atoms with Crippen molar-refractivity contribution in [2.45, 2.75) is 12.8 Å². The van der Waals surface area contributed by atoms with Crippen LogP contribution in [0.1, 0.15) is 23.4 Å². The van der Waals surface area contributed by atoms with Gasteiger partial charge in [-0.1, -0.05) is 0 Å². The number of carbonyl (C=O) groups is 1. The molecule has 0 aliphatic carbocycles. The van der Waals surface area contributed by atoms with Crippen molar-refractivity contribution < 1.29 is 22.4 Å². The van der Waals surface area contributed by atoms with Crippen LogP contribution in [0.3, 0.4) is 0 Å². The second kappa shape index (κ2) is 7.16. The number of nitrogens with one attached hydrogen (secondary N) is 2. The minimum absolute atomic E-state index is 0.167. The summed E-state index contributed by atoms with van der Waals surface area (Å²) in [6.07, 6.45) is 3.13. The molecule has 1 aliphatic heterocycles. The predicted molar refractivity (Wildman–Crippen MR) is 93.0 cm³/mol. The Kier molecular flexibility index (Phi) is 4.95. The number of ether oxygens (including phenoxy) is 1. The van der Waals surface area contributed by atoms with E-state index in [0.717, 1.165) is 12.8 Å². The minimum atomic E-state index is -3.58. The van der Waals surface area contributed by atoms with Gasteiger partial charge in [0.05, 0.1) is 24.7 Å². The molecular formula is C16H19N3O5S. The summed E-state index contributed by atoms with van der Waals surface area (Å²) in [6, 6.07) is 7.81. The first kappa shape index (κ1) is 17.3. The van der Waals surface area contributed by atoms with Crippen LogP contribution in [0.25, 0.3) is 0 Å². The first-order chi connectivity index (χ1) is 12.0. The van der Waals surface area contributed by atoms with Crippen LogP contribution in [0.4, 0.5) is 11.4 Å². The normalized spacial score (nSPS) is 15.1. The Balaban J connectivity index is 1.76. The van der Waals surface area contributed by atoms with Gasteiger partial charge < -0.3 is 14.5 Å². The highest BCUT2D eigenvalue weighted by atomic mass is 32.2. The molecule has 25 heavy (non-hydrogen) atoms. The third-order valence-corrected chi connectivity index (χ3v) is 5.39. The molecule has 2 N–H and O–H groups in total. The fraction of sp³-hybridized carbons (Fsp3) is 0.312. The fourth-order valence-corrected chi connectivity index (χ4v) is 3.88. The molecule has 0 atom stereocenters. The van der Waals surface area contributed by atoms with E-state index in [4.69, 9.17) is 9.15 Å². The van der Waals surface area contributed by atoms with E-state index in [1.165, 1.54) is 23.7 Å². The monoisotopic (exact) mass is 365 g/mol. The molecule has 1 saturated heterocycles. The Morgan fingerprint density at radius 3 is 2.64 bits per heavy atom. The van der Waals surface area contributed by atoms with Gasteiger partial charge in [-0.2, -0.15) is 12.7 Å². The van der Waals surface area contributed by atoms with Gasteiger partial charge in [-0.05, 0) is 37.1 Å². The quantitative estimate of drug-likeness (QED) is 0.818. The molecule has 1 fully saturated rings. The van der Waals surface area contributed by atoms with Crippen molar-refractivity contribution in [2.24, 2.45) is 0 Å². The van der Waals surface area contributed by atoms with E-state index in [1.54, 1.807) is 24.3 Å². The molecule has 0 radical (unpaired) electrons. The van der Waals surface area contributed by atoms with Crippen LogP contribution in [0.2, 0.25) is 0 Å². The number of hydrogen-bond donors (Lipinski definition) is 2. The molecule has 2 heterocycles. The first-order valence-corrected chi connectivity index (χ1v) is 9.24. The van der Waals surface area contributed by atoms with Crippen molar-refractivity contribution in [1.82, 2.24) is 4.31 Å². The van der Waals surface area contributed by atoms with Crippen LogP contribution in [-0.4, -0.2) is 38.8 Å². The van der Waals surface area contributed by atoms with E-state index < -0.39 is 16.1 Å². The number of methoxy groups -OCH3 is 1. The molecule has 3 rings (SSSR count). The lowest BCUT2D eigenvalue weighted by Gasteiger charge is -2.18. The largest absolute Gasteiger partial charge is 0.494 e. The van der Waals surface area contributed by atoms with E-state index in [-0.39, 0.29) is 5.76 Å². The zero-order chi connectivity index (χ0) is 17.9. The lowest BCUT2D eigenvalue weighted by Crippen LogP contribution is -2.33. The van der Waals surface area contributed by atoms with Gasteiger partial charge in [-0.3, -0.25) is 9.52 Å². The maximum atomic E-state index is 12.3. The molecule has 1 aromatic heterocycles. The summed E-state index contributed by atoms with van der Waals surface area (Å²) in [5.41, 5.74) is 0.771. The molecule has 1 aliphatic rings. The molecule has 2 aromatic rings. The summed E-state index contributed by atoms with van der Waals surface area (Å²) in [5.74, 6) is 0.0797. The van der Waals surface area contributed by atoms with Crippen molar-refractivity contribution in [2.75, 3.05) is 30.2 Å². The van der Waals surface area contributed by atoms with E-state index in [0.29, 0.717) is 30.2 Å². The summed E-state index contributed by atoms with van der Waals surface area (Å²) < 4.78 is 38.9. The molecule has 0 saturated carbocycles. The van der Waals surface area contributed by atoms with Crippen molar-refractivity contribution in [1.29, 1.82) is 0 Å². The average molecular weight is 365 g/mol. The number of furan rings is 1. The highest BCUT2D eigenvalue weighted by Gasteiger charge is 2.25. The molecule has 1 amide bonds. The number of anilines is 2. The molecule has 8 nitrogen and oxygen atoms in total. The van der Waals surface area contributed by atoms with E-state index in [9.17, 15) is 13.2 Å². The van der Waals surface area contributed by atoms with Crippen LogP contribution >= 0.6 is 0 Å². The van der Waals surface area contributed by atoms with E-state index >= 15 is 0 Å². The molecule has 9 heteroatoms. The second-order valence-corrected chi connectivity index (χ2v) is 7.23. The van der Waals surface area contributed by atoms with Gasteiger partial charge in [-0.15, -0.1) is 0 Å². The molecular weight excluding hydrogens is 346 g/mol. The van der Waals surface area contributed by atoms with Crippen molar-refractivity contribution in [3.05, 3.63) is 42.4 Å². The van der Waals surface area contributed by atoms with Gasteiger partial charge in [0.15, 0.2) is 5.76 Å². The zero-order valence-electron chi connectivity index (χ0n) is 13.7. The van der Waals surface area contributed by atoms with Gasteiger partial charge in [0.25, 0.3) is 5.91 Å². The molecule has 0 unspecified atom stereocenters. The third kappa shape index (κ3) is 3.94. The highest BCUT2D eigenvalue weighted by molar-refractivity contribution is 7.90. The number of nitrogens with zero attached hydrogens (tertiary/aromatic N) is 1. The number of hydrogen-bond acceptors (Lipinski definition) is 5. The van der Waals surface area contributed by atoms with Crippen LogP contribution in [0, 0.1) is 0 Å². The minimum Gasteiger partial charge on any atom is -0.494 e. The zero-order valence-corrected chi connectivity index (χ0v) is 14.5. The summed E-state index contributed by atoms with van der Waals surface area (Å²) in [5, 5.41) is 2.66. The number of benzene rings is 1. The Bertz CT molecular complexity index is 843. The van der Waals surface area contributed by atoms with Crippen molar-refractivity contribution in [3.63, 3.8) is 0 Å². The number of amides is 1. The molecule has 0 spiro atoms. The molecule has 1 aromatic carbocycles. The second-order valence-electron chi connectivity index (χ2n) is 5.56. The van der Waals surface area contributed by atoms with Gasteiger partial charge in [-0.25, -0.2) is 0 Å². The smallest absolute Gasteiger partial charge is 0.301 e. The summed E-state index contributed by atoms with van der Waals surface area (Å²) in [6.45, 7) is 1.04. The van der Waals surface area contributed by atoms with Gasteiger partial charge in [0, 0.05) is 19.2 Å². The van der Waals surface area contributed by atoms with E-state index in [1.807, 2.05) is 0 Å². The number of carbonyl (C=O) groups excluding carboxylic acids is 1. The van der Waals surface area contributed by atoms with Crippen LogP contribution in [0.15, 0.2) is 41.0 Å². The van der Waals surface area contributed by atoms with Crippen LogP contribution < -0.4 is 14.8 Å². The van der Waals surface area contributed by atoms with Gasteiger partial charge >= 0.3 is 10.2 Å². The van der Waals surface area contributed by atoms with Crippen LogP contribution in [-0.2, 0) is 10.2 Å². The predicted octanol–water partition coefficient (Wildman–Crippen LogP) is 2.29. The van der Waals surface area contributed by atoms with Gasteiger partial charge in [0.2, 0.25) is 0 Å². The Labute approximate surface area is 145 Å². The number of rotatable bonds is 6. The average Bonchev–Trinajstić information content (AvgIpc) is 3.29. The maximum absolute atomic E-state index is 12.3. The molecule has 134 valence electrons. The van der Waals surface area contributed by atoms with Crippen molar-refractivity contribution >= 4 is 27.5 Å². The highest BCUT2D eigenvalue weighted by Crippen LogP contribution is 2.29.